The molecule has 0 aliphatic heterocycles. The van der Waals surface area contributed by atoms with E-state index in [1.807, 2.05) is 10.8 Å². The van der Waals surface area contributed by atoms with Gasteiger partial charge in [0.15, 0.2) is 0 Å². The summed E-state index contributed by atoms with van der Waals surface area (Å²) in [5.41, 5.74) is 0.886. The number of nitrogens with one attached hydrogen (secondary N) is 1. The summed E-state index contributed by atoms with van der Waals surface area (Å²) in [7, 11) is -2.21. The number of carbonyl (C=O) groups is 1. The van der Waals surface area contributed by atoms with Crippen LogP contribution >= 0.6 is 11.6 Å². The van der Waals surface area contributed by atoms with Crippen LogP contribution in [0.2, 0.25) is 5.02 Å². The molecular formula is C12H16ClNO4S. The minimum atomic E-state index is -3.61. The average molecular weight is 306 g/mol. The van der Waals surface area contributed by atoms with Gasteiger partial charge in [0.1, 0.15) is 0 Å². The second kappa shape index (κ2) is 7.47. The number of sulfonamides is 1. The van der Waals surface area contributed by atoms with Gasteiger partial charge in [-0.2, -0.15) is 0 Å². The molecule has 0 bridgehead atoms. The summed E-state index contributed by atoms with van der Waals surface area (Å²) in [5.74, 6) is -0.761. The van der Waals surface area contributed by atoms with Crippen molar-refractivity contribution in [1.82, 2.24) is 4.72 Å². The maximum Gasteiger partial charge on any atom is 0.237 e. The van der Waals surface area contributed by atoms with E-state index < -0.39 is 15.9 Å². The highest BCUT2D eigenvalue weighted by molar-refractivity contribution is 7.90. The van der Waals surface area contributed by atoms with Crippen molar-refractivity contribution in [2.45, 2.75) is 12.8 Å². The summed E-state index contributed by atoms with van der Waals surface area (Å²) in [6.45, 7) is 0.0525. The fourth-order valence-electron chi connectivity index (χ4n) is 1.42. The Morgan fingerprint density at radius 1 is 1.42 bits per heavy atom. The molecule has 1 aromatic carbocycles. The highest BCUT2D eigenvalue weighted by Crippen LogP contribution is 2.12. The van der Waals surface area contributed by atoms with E-state index in [4.69, 9.17) is 11.6 Å². The fraction of sp³-hybridized carbons (Fsp3) is 0.417. The molecule has 1 N–H and O–H groups in total. The highest BCUT2D eigenvalue weighted by Gasteiger charge is 2.14. The summed E-state index contributed by atoms with van der Waals surface area (Å²) in [6, 6.07) is 7.10. The molecule has 0 aromatic heterocycles. The normalized spacial score (nSPS) is 11.3. The lowest BCUT2D eigenvalue weighted by atomic mass is 10.1. The van der Waals surface area contributed by atoms with Crippen LogP contribution in [0.3, 0.4) is 0 Å². The number of carbonyl (C=O) groups excluding carboxylic acids is 1. The van der Waals surface area contributed by atoms with Crippen molar-refractivity contribution in [2.24, 2.45) is 0 Å². The zero-order valence-electron chi connectivity index (χ0n) is 10.6. The van der Waals surface area contributed by atoms with Gasteiger partial charge in [-0.3, -0.25) is 9.52 Å². The lowest BCUT2D eigenvalue weighted by Gasteiger charge is -2.06. The molecule has 0 aliphatic carbocycles. The van der Waals surface area contributed by atoms with Gasteiger partial charge in [0.25, 0.3) is 0 Å². The maximum atomic E-state index is 11.5. The third kappa shape index (κ3) is 6.56. The Morgan fingerprint density at radius 3 is 2.79 bits per heavy atom. The molecule has 1 rings (SSSR count). The van der Waals surface area contributed by atoms with E-state index in [2.05, 4.69) is 4.74 Å². The number of amides is 1. The van der Waals surface area contributed by atoms with Crippen molar-refractivity contribution in [3.63, 3.8) is 0 Å². The molecule has 0 spiro atoms. The molecule has 0 unspecified atom stereocenters. The first-order chi connectivity index (χ1) is 8.93. The van der Waals surface area contributed by atoms with Crippen LogP contribution in [0, 0.1) is 0 Å². The summed E-state index contributed by atoms with van der Waals surface area (Å²) in [4.78, 5) is 11.5. The monoisotopic (exact) mass is 305 g/mol. The Hall–Kier alpha value is -1.11. The molecule has 7 heteroatoms. The third-order valence-corrected chi connectivity index (χ3v) is 3.83. The van der Waals surface area contributed by atoms with Crippen molar-refractivity contribution in [1.29, 1.82) is 0 Å². The fourth-order valence-corrected chi connectivity index (χ4v) is 2.57. The lowest BCUT2D eigenvalue weighted by Crippen LogP contribution is -2.33. The Balaban J connectivity index is 2.44. The van der Waals surface area contributed by atoms with Crippen LogP contribution in [0.15, 0.2) is 24.3 Å². The zero-order chi connectivity index (χ0) is 14.3. The van der Waals surface area contributed by atoms with Crippen LogP contribution in [0.4, 0.5) is 0 Å². The standard InChI is InChI=1S/C12H16ClNO4S/c1-18-7-8-19(16,17)14-12(15)6-5-10-3-2-4-11(13)9-10/h2-4,9H,5-8H2,1H3,(H,14,15). The molecule has 0 atom stereocenters. The Bertz CT molecular complexity index is 530. The topological polar surface area (TPSA) is 72.5 Å². The van der Waals surface area contributed by atoms with Gasteiger partial charge in [-0.25, -0.2) is 8.42 Å². The lowest BCUT2D eigenvalue weighted by molar-refractivity contribution is -0.119. The van der Waals surface area contributed by atoms with Crippen molar-refractivity contribution < 1.29 is 17.9 Å². The van der Waals surface area contributed by atoms with Crippen molar-refractivity contribution in [3.05, 3.63) is 34.9 Å². The molecule has 0 radical (unpaired) electrons. The van der Waals surface area contributed by atoms with Gasteiger partial charge >= 0.3 is 0 Å². The van der Waals surface area contributed by atoms with Crippen LogP contribution in [0.5, 0.6) is 0 Å². The van der Waals surface area contributed by atoms with E-state index in [1.54, 1.807) is 18.2 Å². The predicted molar refractivity (Wildman–Crippen MR) is 73.6 cm³/mol. The zero-order valence-corrected chi connectivity index (χ0v) is 12.1. The summed E-state index contributed by atoms with van der Waals surface area (Å²) >= 11 is 5.81. The van der Waals surface area contributed by atoms with Crippen molar-refractivity contribution in [2.75, 3.05) is 19.5 Å². The largest absolute Gasteiger partial charge is 0.384 e. The number of rotatable bonds is 7. The van der Waals surface area contributed by atoms with Gasteiger partial charge in [0, 0.05) is 18.6 Å². The summed E-state index contributed by atoms with van der Waals surface area (Å²) < 4.78 is 29.5. The molecular weight excluding hydrogens is 290 g/mol. The number of hydrogen-bond acceptors (Lipinski definition) is 4. The van der Waals surface area contributed by atoms with E-state index in [-0.39, 0.29) is 18.8 Å². The molecule has 1 aromatic rings. The number of aryl methyl sites for hydroxylation is 1. The minimum Gasteiger partial charge on any atom is -0.384 e. The van der Waals surface area contributed by atoms with Gasteiger partial charge in [0.2, 0.25) is 15.9 Å². The second-order valence-electron chi connectivity index (χ2n) is 3.97. The summed E-state index contributed by atoms with van der Waals surface area (Å²) in [6.07, 6.45) is 0.527. The average Bonchev–Trinajstić information content (AvgIpc) is 2.34. The SMILES string of the molecule is COCCS(=O)(=O)NC(=O)CCc1cccc(Cl)c1. The first-order valence-corrected chi connectivity index (χ1v) is 7.72. The van der Waals surface area contributed by atoms with Crippen LogP contribution in [-0.4, -0.2) is 33.8 Å². The maximum absolute atomic E-state index is 11.5. The molecule has 0 saturated carbocycles. The molecule has 0 saturated heterocycles. The number of benzene rings is 1. The predicted octanol–water partition coefficient (Wildman–Crippen LogP) is 1.37. The second-order valence-corrected chi connectivity index (χ2v) is 6.25. The minimum absolute atomic E-state index is 0.0525. The molecule has 106 valence electrons. The number of halogens is 1. The molecule has 0 fully saturated rings. The van der Waals surface area contributed by atoms with E-state index in [1.165, 1.54) is 7.11 Å². The summed E-state index contributed by atoms with van der Waals surface area (Å²) in [5, 5.41) is 0.589. The number of ether oxygens (including phenoxy) is 1. The van der Waals surface area contributed by atoms with E-state index in [0.717, 1.165) is 5.56 Å². The van der Waals surface area contributed by atoms with Crippen LogP contribution in [-0.2, 0) is 26.0 Å². The van der Waals surface area contributed by atoms with Gasteiger partial charge in [-0.05, 0) is 24.1 Å². The first kappa shape index (κ1) is 15.9. The molecule has 0 aliphatic rings. The van der Waals surface area contributed by atoms with E-state index in [0.29, 0.717) is 11.4 Å². The smallest absolute Gasteiger partial charge is 0.237 e. The molecule has 0 heterocycles. The van der Waals surface area contributed by atoms with Crippen LogP contribution in [0.1, 0.15) is 12.0 Å². The molecule has 1 amide bonds. The Morgan fingerprint density at radius 2 is 2.16 bits per heavy atom. The molecule has 19 heavy (non-hydrogen) atoms. The van der Waals surface area contributed by atoms with Crippen molar-refractivity contribution >= 4 is 27.5 Å². The van der Waals surface area contributed by atoms with Gasteiger partial charge < -0.3 is 4.74 Å². The van der Waals surface area contributed by atoms with E-state index in [9.17, 15) is 13.2 Å². The number of methoxy groups -OCH3 is 1. The van der Waals surface area contributed by atoms with Crippen LogP contribution in [0.25, 0.3) is 0 Å². The third-order valence-electron chi connectivity index (χ3n) is 2.36. The van der Waals surface area contributed by atoms with Gasteiger partial charge in [0.05, 0.1) is 12.4 Å². The van der Waals surface area contributed by atoms with Gasteiger partial charge in [-0.1, -0.05) is 23.7 Å². The van der Waals surface area contributed by atoms with E-state index >= 15 is 0 Å². The number of hydrogen-bond donors (Lipinski definition) is 1. The van der Waals surface area contributed by atoms with Crippen LogP contribution < -0.4 is 4.72 Å². The first-order valence-electron chi connectivity index (χ1n) is 5.69. The Labute approximate surface area is 118 Å². The quantitative estimate of drug-likeness (QED) is 0.825. The van der Waals surface area contributed by atoms with Crippen molar-refractivity contribution in [3.8, 4) is 0 Å². The van der Waals surface area contributed by atoms with Gasteiger partial charge in [-0.15, -0.1) is 0 Å². The molecule has 5 nitrogen and oxygen atoms in total. The highest BCUT2D eigenvalue weighted by atomic mass is 35.5. The Kier molecular flexibility index (Phi) is 6.27.